The van der Waals surface area contributed by atoms with Crippen LogP contribution in [0.25, 0.3) is 0 Å². The number of rotatable bonds is 10. The number of hydrogen-bond donors (Lipinski definition) is 1. The van der Waals surface area contributed by atoms with Crippen molar-refractivity contribution in [2.45, 2.75) is 84.5 Å². The van der Waals surface area contributed by atoms with Gasteiger partial charge in [-0.25, -0.2) is 0 Å². The van der Waals surface area contributed by atoms with E-state index in [2.05, 4.69) is 19.2 Å². The van der Waals surface area contributed by atoms with Gasteiger partial charge in [-0.15, -0.1) is 0 Å². The summed E-state index contributed by atoms with van der Waals surface area (Å²) in [6, 6.07) is 0. The molecule has 1 rings (SSSR count). The average Bonchev–Trinajstić information content (AvgIpc) is 2.42. The predicted octanol–water partition coefficient (Wildman–Crippen LogP) is 5.15. The standard InChI is InChI=1S/C17H35N/c1-3-5-7-9-12-16(11-8-6-4-2)17-13-10-14-18-15-17/h16-18H,3-15H2,1-2H3/t16?,17-/m1/s1. The van der Waals surface area contributed by atoms with Crippen LogP contribution in [0, 0.1) is 11.8 Å². The van der Waals surface area contributed by atoms with Crippen LogP contribution in [0.1, 0.15) is 84.5 Å². The lowest BCUT2D eigenvalue weighted by atomic mass is 9.80. The normalized spacial score (nSPS) is 22.0. The maximum atomic E-state index is 3.61. The van der Waals surface area contributed by atoms with E-state index in [1.807, 2.05) is 0 Å². The first-order valence-electron chi connectivity index (χ1n) is 8.59. The van der Waals surface area contributed by atoms with E-state index in [0.29, 0.717) is 0 Å². The Morgan fingerprint density at radius 3 is 2.22 bits per heavy atom. The minimum Gasteiger partial charge on any atom is -0.316 e. The second-order valence-corrected chi connectivity index (χ2v) is 6.21. The van der Waals surface area contributed by atoms with Gasteiger partial charge in [0, 0.05) is 0 Å². The van der Waals surface area contributed by atoms with E-state index in [0.717, 1.165) is 11.8 Å². The molecule has 1 fully saturated rings. The number of unbranched alkanes of at least 4 members (excludes halogenated alkanes) is 5. The maximum Gasteiger partial charge on any atom is -0.00179 e. The summed E-state index contributed by atoms with van der Waals surface area (Å²) in [5, 5.41) is 3.61. The Morgan fingerprint density at radius 2 is 1.61 bits per heavy atom. The van der Waals surface area contributed by atoms with Gasteiger partial charge >= 0.3 is 0 Å². The van der Waals surface area contributed by atoms with Gasteiger partial charge in [0.25, 0.3) is 0 Å². The van der Waals surface area contributed by atoms with Crippen molar-refractivity contribution in [2.75, 3.05) is 13.1 Å². The summed E-state index contributed by atoms with van der Waals surface area (Å²) in [5.74, 6) is 2.00. The molecule has 108 valence electrons. The van der Waals surface area contributed by atoms with E-state index in [1.165, 1.54) is 83.7 Å². The molecule has 0 radical (unpaired) electrons. The molecule has 0 aromatic rings. The summed E-state index contributed by atoms with van der Waals surface area (Å²) in [5.41, 5.74) is 0. The Hall–Kier alpha value is -0.0400. The summed E-state index contributed by atoms with van der Waals surface area (Å²) in [6.07, 6.45) is 15.9. The minimum atomic E-state index is 0.984. The molecule has 1 aliphatic heterocycles. The lowest BCUT2D eigenvalue weighted by Gasteiger charge is -2.31. The van der Waals surface area contributed by atoms with E-state index in [4.69, 9.17) is 0 Å². The third-order valence-electron chi connectivity index (χ3n) is 4.61. The molecule has 0 aliphatic carbocycles. The van der Waals surface area contributed by atoms with Gasteiger partial charge in [0.05, 0.1) is 0 Å². The Bertz CT molecular complexity index is 172. The molecule has 0 saturated carbocycles. The topological polar surface area (TPSA) is 12.0 Å². The highest BCUT2D eigenvalue weighted by molar-refractivity contribution is 4.76. The molecule has 1 N–H and O–H groups in total. The molecule has 1 unspecified atom stereocenters. The maximum absolute atomic E-state index is 3.61. The largest absolute Gasteiger partial charge is 0.316 e. The van der Waals surface area contributed by atoms with E-state index in [-0.39, 0.29) is 0 Å². The zero-order valence-electron chi connectivity index (χ0n) is 12.8. The lowest BCUT2D eigenvalue weighted by molar-refractivity contribution is 0.228. The molecule has 1 nitrogen and oxygen atoms in total. The zero-order valence-corrected chi connectivity index (χ0v) is 12.8. The number of piperidine rings is 1. The van der Waals surface area contributed by atoms with Crippen LogP contribution in [-0.2, 0) is 0 Å². The van der Waals surface area contributed by atoms with Gasteiger partial charge in [-0.1, -0.05) is 71.6 Å². The molecule has 0 aromatic heterocycles. The second-order valence-electron chi connectivity index (χ2n) is 6.21. The lowest BCUT2D eigenvalue weighted by Crippen LogP contribution is -2.34. The Morgan fingerprint density at radius 1 is 0.944 bits per heavy atom. The van der Waals surface area contributed by atoms with Crippen molar-refractivity contribution < 1.29 is 0 Å². The van der Waals surface area contributed by atoms with Crippen molar-refractivity contribution in [1.29, 1.82) is 0 Å². The molecular weight excluding hydrogens is 218 g/mol. The van der Waals surface area contributed by atoms with Crippen molar-refractivity contribution in [3.63, 3.8) is 0 Å². The third-order valence-corrected chi connectivity index (χ3v) is 4.61. The molecule has 1 heteroatoms. The van der Waals surface area contributed by atoms with Gasteiger partial charge < -0.3 is 5.32 Å². The first-order valence-corrected chi connectivity index (χ1v) is 8.59. The van der Waals surface area contributed by atoms with Crippen LogP contribution in [0.2, 0.25) is 0 Å². The summed E-state index contributed by atoms with van der Waals surface area (Å²) < 4.78 is 0. The smallest absolute Gasteiger partial charge is 0.00179 e. The van der Waals surface area contributed by atoms with Crippen LogP contribution in [0.4, 0.5) is 0 Å². The van der Waals surface area contributed by atoms with Gasteiger partial charge in [-0.05, 0) is 37.8 Å². The van der Waals surface area contributed by atoms with Crippen LogP contribution >= 0.6 is 0 Å². The quantitative estimate of drug-likeness (QED) is 0.531. The first kappa shape index (κ1) is 16.0. The Kier molecular flexibility index (Phi) is 9.65. The average molecular weight is 253 g/mol. The molecule has 0 aromatic carbocycles. The number of hydrogen-bond acceptors (Lipinski definition) is 1. The fourth-order valence-corrected chi connectivity index (χ4v) is 3.39. The molecular formula is C17H35N. The van der Waals surface area contributed by atoms with Crippen LogP contribution in [0.5, 0.6) is 0 Å². The highest BCUT2D eigenvalue weighted by atomic mass is 14.9. The van der Waals surface area contributed by atoms with Crippen molar-refractivity contribution in [1.82, 2.24) is 5.32 Å². The van der Waals surface area contributed by atoms with E-state index in [1.54, 1.807) is 0 Å². The SMILES string of the molecule is CCCCCCC(CCCCC)[C@@H]1CCCNC1. The van der Waals surface area contributed by atoms with E-state index >= 15 is 0 Å². The van der Waals surface area contributed by atoms with Crippen molar-refractivity contribution in [3.05, 3.63) is 0 Å². The third kappa shape index (κ3) is 6.78. The van der Waals surface area contributed by atoms with Gasteiger partial charge in [0.15, 0.2) is 0 Å². The highest BCUT2D eigenvalue weighted by Gasteiger charge is 2.22. The molecule has 0 spiro atoms. The molecule has 0 amide bonds. The van der Waals surface area contributed by atoms with Crippen LogP contribution in [0.15, 0.2) is 0 Å². The Labute approximate surface area is 115 Å². The summed E-state index contributed by atoms with van der Waals surface area (Å²) in [6.45, 7) is 7.18. The first-order chi connectivity index (χ1) is 8.88. The van der Waals surface area contributed by atoms with E-state index in [9.17, 15) is 0 Å². The molecule has 1 heterocycles. The predicted molar refractivity (Wildman–Crippen MR) is 82.0 cm³/mol. The summed E-state index contributed by atoms with van der Waals surface area (Å²) in [7, 11) is 0. The Balaban J connectivity index is 2.25. The van der Waals surface area contributed by atoms with Gasteiger partial charge in [0.2, 0.25) is 0 Å². The van der Waals surface area contributed by atoms with Crippen molar-refractivity contribution >= 4 is 0 Å². The van der Waals surface area contributed by atoms with Crippen molar-refractivity contribution in [2.24, 2.45) is 11.8 Å². The molecule has 1 aliphatic rings. The minimum absolute atomic E-state index is 0.984. The zero-order chi connectivity index (χ0) is 13.1. The summed E-state index contributed by atoms with van der Waals surface area (Å²) >= 11 is 0. The van der Waals surface area contributed by atoms with E-state index < -0.39 is 0 Å². The van der Waals surface area contributed by atoms with Gasteiger partial charge in [0.1, 0.15) is 0 Å². The fourth-order valence-electron chi connectivity index (χ4n) is 3.39. The summed E-state index contributed by atoms with van der Waals surface area (Å²) in [4.78, 5) is 0. The molecule has 1 saturated heterocycles. The van der Waals surface area contributed by atoms with Gasteiger partial charge in [-0.3, -0.25) is 0 Å². The van der Waals surface area contributed by atoms with Crippen molar-refractivity contribution in [3.8, 4) is 0 Å². The fraction of sp³-hybridized carbons (Fsp3) is 1.00. The highest BCUT2D eigenvalue weighted by Crippen LogP contribution is 2.29. The monoisotopic (exact) mass is 253 g/mol. The van der Waals surface area contributed by atoms with Crippen LogP contribution < -0.4 is 5.32 Å². The number of nitrogens with one attached hydrogen (secondary N) is 1. The molecule has 2 atom stereocenters. The second kappa shape index (κ2) is 10.8. The van der Waals surface area contributed by atoms with Crippen LogP contribution in [-0.4, -0.2) is 13.1 Å². The molecule has 18 heavy (non-hydrogen) atoms. The van der Waals surface area contributed by atoms with Crippen LogP contribution in [0.3, 0.4) is 0 Å². The van der Waals surface area contributed by atoms with Gasteiger partial charge in [-0.2, -0.15) is 0 Å². The molecule has 0 bridgehead atoms.